The SMILES string of the molecule is C[C@@H](c1ccc(OCC(F)(F)F)cc1)N1CC[C@](CCC(N)=O)(c2ccc(F)cc2)OC1=O. The molecule has 1 heterocycles. The van der Waals surface area contributed by atoms with E-state index in [-0.39, 0.29) is 25.1 Å². The molecule has 1 aliphatic heterocycles. The van der Waals surface area contributed by atoms with Crippen LogP contribution in [0.4, 0.5) is 22.4 Å². The van der Waals surface area contributed by atoms with Crippen LogP contribution >= 0.6 is 0 Å². The number of ether oxygens (including phenoxy) is 2. The number of halogens is 4. The predicted molar refractivity (Wildman–Crippen MR) is 111 cm³/mol. The van der Waals surface area contributed by atoms with Gasteiger partial charge in [0.2, 0.25) is 5.91 Å². The number of benzene rings is 2. The molecule has 2 aromatic carbocycles. The van der Waals surface area contributed by atoms with Gasteiger partial charge in [-0.15, -0.1) is 0 Å². The molecule has 2 atom stereocenters. The molecule has 178 valence electrons. The molecular weight excluding hydrogens is 444 g/mol. The molecule has 0 aliphatic carbocycles. The highest BCUT2D eigenvalue weighted by molar-refractivity contribution is 5.74. The van der Waals surface area contributed by atoms with Gasteiger partial charge in [-0.05, 0) is 42.3 Å². The zero-order valence-corrected chi connectivity index (χ0v) is 17.9. The van der Waals surface area contributed by atoms with Crippen molar-refractivity contribution < 1.29 is 36.6 Å². The molecule has 2 N–H and O–H groups in total. The molecule has 3 rings (SSSR count). The molecule has 0 spiro atoms. The van der Waals surface area contributed by atoms with E-state index in [1.54, 1.807) is 19.1 Å². The normalized spacial score (nSPS) is 19.7. The number of primary amides is 1. The number of hydrogen-bond donors (Lipinski definition) is 1. The summed E-state index contributed by atoms with van der Waals surface area (Å²) in [4.78, 5) is 25.8. The van der Waals surface area contributed by atoms with Gasteiger partial charge in [0.25, 0.3) is 0 Å². The Labute approximate surface area is 188 Å². The Hall–Kier alpha value is -3.30. The average molecular weight is 468 g/mol. The monoisotopic (exact) mass is 468 g/mol. The molecule has 33 heavy (non-hydrogen) atoms. The minimum atomic E-state index is -4.44. The molecule has 0 radical (unpaired) electrons. The van der Waals surface area contributed by atoms with Gasteiger partial charge in [0.15, 0.2) is 6.61 Å². The van der Waals surface area contributed by atoms with Gasteiger partial charge in [0.05, 0.1) is 6.04 Å². The molecule has 10 heteroatoms. The molecule has 6 nitrogen and oxygen atoms in total. The summed E-state index contributed by atoms with van der Waals surface area (Å²) >= 11 is 0. The molecule has 2 amide bonds. The second-order valence-corrected chi connectivity index (χ2v) is 7.93. The Kier molecular flexibility index (Phi) is 7.14. The standard InChI is InChI=1S/C23H24F4N2O4/c1-15(16-2-8-19(9-3-16)32-14-23(25,26)27)29-13-12-22(33-21(29)31,11-10-20(28)30)17-4-6-18(24)7-5-17/h2-9,15H,10-14H2,1H3,(H2,28,30)/t15-,22+/m0/s1. The third-order valence-electron chi connectivity index (χ3n) is 5.65. The van der Waals surface area contributed by atoms with Gasteiger partial charge >= 0.3 is 12.3 Å². The van der Waals surface area contributed by atoms with Gasteiger partial charge in [0.1, 0.15) is 17.2 Å². The Balaban J connectivity index is 1.73. The predicted octanol–water partition coefficient (Wildman–Crippen LogP) is 4.83. The second kappa shape index (κ2) is 9.68. The van der Waals surface area contributed by atoms with E-state index in [1.807, 2.05) is 0 Å². The number of cyclic esters (lactones) is 1. The van der Waals surface area contributed by atoms with Gasteiger partial charge < -0.3 is 20.1 Å². The average Bonchev–Trinajstić information content (AvgIpc) is 2.76. The fourth-order valence-electron chi connectivity index (χ4n) is 3.81. The van der Waals surface area contributed by atoms with Crippen LogP contribution in [0.2, 0.25) is 0 Å². The maximum absolute atomic E-state index is 13.4. The lowest BCUT2D eigenvalue weighted by atomic mass is 9.84. The molecular formula is C23H24F4N2O4. The number of amides is 2. The molecule has 0 bridgehead atoms. The highest BCUT2D eigenvalue weighted by atomic mass is 19.4. The van der Waals surface area contributed by atoms with Crippen molar-refractivity contribution in [3.05, 3.63) is 65.5 Å². The van der Waals surface area contributed by atoms with Crippen molar-refractivity contribution >= 4 is 12.0 Å². The van der Waals surface area contributed by atoms with Gasteiger partial charge in [-0.1, -0.05) is 24.3 Å². The Morgan fingerprint density at radius 1 is 1.18 bits per heavy atom. The van der Waals surface area contributed by atoms with Gasteiger partial charge in [-0.25, -0.2) is 9.18 Å². The first-order chi connectivity index (χ1) is 15.5. The van der Waals surface area contributed by atoms with E-state index < -0.39 is 42.2 Å². The van der Waals surface area contributed by atoms with E-state index in [1.165, 1.54) is 41.3 Å². The van der Waals surface area contributed by atoms with Crippen LogP contribution in [0.5, 0.6) is 5.75 Å². The fourth-order valence-corrected chi connectivity index (χ4v) is 3.81. The summed E-state index contributed by atoms with van der Waals surface area (Å²) in [6.07, 6.45) is -4.57. The maximum atomic E-state index is 13.4. The topological polar surface area (TPSA) is 81.9 Å². The van der Waals surface area contributed by atoms with Gasteiger partial charge in [-0.2, -0.15) is 13.2 Å². The van der Waals surface area contributed by atoms with E-state index in [0.717, 1.165) is 0 Å². The lowest BCUT2D eigenvalue weighted by Crippen LogP contribution is -2.49. The molecule has 1 aliphatic rings. The van der Waals surface area contributed by atoms with Crippen LogP contribution in [-0.4, -0.2) is 36.2 Å². The number of nitrogens with two attached hydrogens (primary N) is 1. The van der Waals surface area contributed by atoms with Crippen LogP contribution in [-0.2, 0) is 15.1 Å². The minimum absolute atomic E-state index is 0.0143. The van der Waals surface area contributed by atoms with Crippen LogP contribution in [0.3, 0.4) is 0 Å². The van der Waals surface area contributed by atoms with Gasteiger partial charge in [-0.3, -0.25) is 4.79 Å². The number of rotatable bonds is 8. The Bertz CT molecular complexity index is 979. The second-order valence-electron chi connectivity index (χ2n) is 7.93. The summed E-state index contributed by atoms with van der Waals surface area (Å²) in [6, 6.07) is 11.1. The Morgan fingerprint density at radius 2 is 1.82 bits per heavy atom. The van der Waals surface area contributed by atoms with Gasteiger partial charge in [0, 0.05) is 25.8 Å². The first-order valence-electron chi connectivity index (χ1n) is 10.3. The van der Waals surface area contributed by atoms with Crippen molar-refractivity contribution in [3.63, 3.8) is 0 Å². The Morgan fingerprint density at radius 3 is 2.36 bits per heavy atom. The van der Waals surface area contributed by atoms with Crippen LogP contribution in [0.1, 0.15) is 43.4 Å². The van der Waals surface area contributed by atoms with Crippen molar-refractivity contribution in [2.45, 2.75) is 44.0 Å². The number of carbonyl (C=O) groups is 2. The van der Waals surface area contributed by atoms with Crippen LogP contribution in [0.15, 0.2) is 48.5 Å². The maximum Gasteiger partial charge on any atom is 0.422 e. The molecule has 1 fully saturated rings. The number of hydrogen-bond acceptors (Lipinski definition) is 4. The fraction of sp³-hybridized carbons (Fsp3) is 0.391. The van der Waals surface area contributed by atoms with E-state index >= 15 is 0 Å². The number of carbonyl (C=O) groups excluding carboxylic acids is 2. The largest absolute Gasteiger partial charge is 0.484 e. The number of nitrogens with zero attached hydrogens (tertiary/aromatic N) is 1. The van der Waals surface area contributed by atoms with Crippen LogP contribution in [0, 0.1) is 5.82 Å². The summed E-state index contributed by atoms with van der Waals surface area (Å²) in [6.45, 7) is 0.653. The highest BCUT2D eigenvalue weighted by Gasteiger charge is 2.43. The molecule has 0 saturated carbocycles. The first-order valence-corrected chi connectivity index (χ1v) is 10.3. The van der Waals surface area contributed by atoms with Crippen molar-refractivity contribution in [2.75, 3.05) is 13.2 Å². The van der Waals surface area contributed by atoms with Crippen molar-refractivity contribution in [2.24, 2.45) is 5.73 Å². The third kappa shape index (κ3) is 6.15. The highest BCUT2D eigenvalue weighted by Crippen LogP contribution is 2.40. The van der Waals surface area contributed by atoms with Crippen LogP contribution in [0.25, 0.3) is 0 Å². The van der Waals surface area contributed by atoms with Crippen molar-refractivity contribution in [3.8, 4) is 5.75 Å². The van der Waals surface area contributed by atoms with Crippen molar-refractivity contribution in [1.29, 1.82) is 0 Å². The summed E-state index contributed by atoms with van der Waals surface area (Å²) in [5, 5.41) is 0. The lowest BCUT2D eigenvalue weighted by molar-refractivity contribution is -0.153. The van der Waals surface area contributed by atoms with E-state index in [9.17, 15) is 27.2 Å². The summed E-state index contributed by atoms with van der Waals surface area (Å²) in [5.74, 6) is -0.925. The molecule has 0 unspecified atom stereocenters. The summed E-state index contributed by atoms with van der Waals surface area (Å²) in [5.41, 5.74) is 5.42. The number of alkyl halides is 3. The summed E-state index contributed by atoms with van der Waals surface area (Å²) < 4.78 is 60.9. The van der Waals surface area contributed by atoms with Crippen LogP contribution < -0.4 is 10.5 Å². The lowest BCUT2D eigenvalue weighted by Gasteiger charge is -2.43. The summed E-state index contributed by atoms with van der Waals surface area (Å²) in [7, 11) is 0. The minimum Gasteiger partial charge on any atom is -0.484 e. The van der Waals surface area contributed by atoms with E-state index in [2.05, 4.69) is 0 Å². The van der Waals surface area contributed by atoms with E-state index in [4.69, 9.17) is 15.2 Å². The third-order valence-corrected chi connectivity index (χ3v) is 5.65. The first kappa shape index (κ1) is 24.3. The zero-order valence-electron chi connectivity index (χ0n) is 17.9. The smallest absolute Gasteiger partial charge is 0.422 e. The molecule has 1 saturated heterocycles. The zero-order chi connectivity index (χ0) is 24.2. The quantitative estimate of drug-likeness (QED) is 0.563. The molecule has 2 aromatic rings. The van der Waals surface area contributed by atoms with E-state index in [0.29, 0.717) is 17.5 Å². The molecule has 0 aromatic heterocycles. The van der Waals surface area contributed by atoms with Crippen molar-refractivity contribution in [1.82, 2.24) is 4.90 Å².